The van der Waals surface area contributed by atoms with Crippen molar-refractivity contribution in [3.05, 3.63) is 53.8 Å². The molecule has 20 heavy (non-hydrogen) atoms. The van der Waals surface area contributed by atoms with Crippen LogP contribution in [0, 0.1) is 5.82 Å². The molecule has 2 nitrogen and oxygen atoms in total. The van der Waals surface area contributed by atoms with E-state index in [1.807, 2.05) is 12.1 Å². The summed E-state index contributed by atoms with van der Waals surface area (Å²) < 4.78 is 18.8. The van der Waals surface area contributed by atoms with Crippen LogP contribution in [-0.4, -0.2) is 13.7 Å². The summed E-state index contributed by atoms with van der Waals surface area (Å²) in [6.45, 7) is 5.11. The van der Waals surface area contributed by atoms with Crippen LogP contribution in [0.4, 0.5) is 4.39 Å². The monoisotopic (exact) mass is 273 g/mol. The number of rotatable bonds is 5. The van der Waals surface area contributed by atoms with Crippen LogP contribution in [0.25, 0.3) is 11.1 Å². The second kappa shape index (κ2) is 6.53. The minimum Gasteiger partial charge on any atom is -0.496 e. The zero-order valence-electron chi connectivity index (χ0n) is 12.1. The van der Waals surface area contributed by atoms with Gasteiger partial charge in [0.1, 0.15) is 11.6 Å². The summed E-state index contributed by atoms with van der Waals surface area (Å²) in [5.41, 5.74) is 2.91. The van der Waals surface area contributed by atoms with Crippen LogP contribution in [0.1, 0.15) is 25.5 Å². The van der Waals surface area contributed by atoms with E-state index in [2.05, 4.69) is 31.3 Å². The van der Waals surface area contributed by atoms with Gasteiger partial charge in [0, 0.05) is 11.6 Å². The molecule has 0 bridgehead atoms. The number of hydrogen-bond donors (Lipinski definition) is 1. The van der Waals surface area contributed by atoms with Gasteiger partial charge < -0.3 is 10.1 Å². The lowest BCUT2D eigenvalue weighted by atomic mass is 9.99. The first-order valence-electron chi connectivity index (χ1n) is 6.83. The van der Waals surface area contributed by atoms with E-state index in [-0.39, 0.29) is 11.9 Å². The fourth-order valence-corrected chi connectivity index (χ4v) is 2.31. The van der Waals surface area contributed by atoms with Gasteiger partial charge in [-0.15, -0.1) is 0 Å². The highest BCUT2D eigenvalue weighted by atomic mass is 19.1. The lowest BCUT2D eigenvalue weighted by Crippen LogP contribution is -2.17. The highest BCUT2D eigenvalue weighted by molar-refractivity contribution is 5.71. The van der Waals surface area contributed by atoms with Crippen LogP contribution in [0.3, 0.4) is 0 Å². The molecule has 1 N–H and O–H groups in total. The summed E-state index contributed by atoms with van der Waals surface area (Å²) in [4.78, 5) is 0. The first kappa shape index (κ1) is 14.5. The molecule has 0 aromatic heterocycles. The summed E-state index contributed by atoms with van der Waals surface area (Å²) in [5, 5.41) is 3.38. The van der Waals surface area contributed by atoms with E-state index in [1.165, 1.54) is 17.7 Å². The van der Waals surface area contributed by atoms with Crippen molar-refractivity contribution in [3.8, 4) is 16.9 Å². The molecular weight excluding hydrogens is 253 g/mol. The van der Waals surface area contributed by atoms with Gasteiger partial charge in [-0.3, -0.25) is 0 Å². The molecule has 0 aliphatic heterocycles. The smallest absolute Gasteiger partial charge is 0.126 e. The maximum absolute atomic E-state index is 13.5. The van der Waals surface area contributed by atoms with Crippen LogP contribution in [0.15, 0.2) is 42.5 Å². The number of ether oxygens (including phenoxy) is 1. The molecule has 0 saturated heterocycles. The molecule has 106 valence electrons. The molecule has 0 heterocycles. The van der Waals surface area contributed by atoms with Crippen LogP contribution in [0.5, 0.6) is 5.75 Å². The van der Waals surface area contributed by atoms with E-state index < -0.39 is 0 Å². The summed E-state index contributed by atoms with van der Waals surface area (Å²) in [5.74, 6) is 0.422. The second-order valence-electron chi connectivity index (χ2n) is 4.75. The molecule has 1 atom stereocenters. The summed E-state index contributed by atoms with van der Waals surface area (Å²) in [7, 11) is 1.60. The number of halogens is 1. The van der Waals surface area contributed by atoms with Crippen molar-refractivity contribution in [2.24, 2.45) is 0 Å². The SMILES string of the molecule is CCNC(C)c1cccc(-c2cc(F)ccc2OC)c1. The van der Waals surface area contributed by atoms with Gasteiger partial charge in [0.2, 0.25) is 0 Å². The normalized spacial score (nSPS) is 12.2. The second-order valence-corrected chi connectivity index (χ2v) is 4.75. The van der Waals surface area contributed by atoms with Crippen molar-refractivity contribution in [2.45, 2.75) is 19.9 Å². The number of nitrogens with one attached hydrogen (secondary N) is 1. The molecule has 0 amide bonds. The Balaban J connectivity index is 2.43. The summed E-state index contributed by atoms with van der Waals surface area (Å²) in [6.07, 6.45) is 0. The zero-order chi connectivity index (χ0) is 14.5. The summed E-state index contributed by atoms with van der Waals surface area (Å²) >= 11 is 0. The molecule has 2 aromatic carbocycles. The van der Waals surface area contributed by atoms with E-state index in [9.17, 15) is 4.39 Å². The maximum atomic E-state index is 13.5. The average Bonchev–Trinajstić information content (AvgIpc) is 2.47. The maximum Gasteiger partial charge on any atom is 0.126 e. The Bertz CT molecular complexity index is 583. The Morgan fingerprint density at radius 2 is 2.00 bits per heavy atom. The van der Waals surface area contributed by atoms with Gasteiger partial charge in [-0.2, -0.15) is 0 Å². The summed E-state index contributed by atoms with van der Waals surface area (Å²) in [6, 6.07) is 12.9. The third-order valence-electron chi connectivity index (χ3n) is 3.37. The van der Waals surface area contributed by atoms with E-state index in [0.717, 1.165) is 17.7 Å². The predicted molar refractivity (Wildman–Crippen MR) is 80.5 cm³/mol. The number of methoxy groups -OCH3 is 1. The van der Waals surface area contributed by atoms with E-state index in [4.69, 9.17) is 4.74 Å². The van der Waals surface area contributed by atoms with E-state index >= 15 is 0 Å². The molecule has 2 rings (SSSR count). The van der Waals surface area contributed by atoms with Crippen LogP contribution in [-0.2, 0) is 0 Å². The quantitative estimate of drug-likeness (QED) is 0.882. The van der Waals surface area contributed by atoms with Crippen molar-refractivity contribution in [2.75, 3.05) is 13.7 Å². The lowest BCUT2D eigenvalue weighted by Gasteiger charge is -2.15. The van der Waals surface area contributed by atoms with E-state index in [0.29, 0.717) is 5.75 Å². The third kappa shape index (κ3) is 3.17. The molecule has 0 spiro atoms. The Morgan fingerprint density at radius 1 is 1.20 bits per heavy atom. The molecule has 1 unspecified atom stereocenters. The third-order valence-corrected chi connectivity index (χ3v) is 3.37. The van der Waals surface area contributed by atoms with Gasteiger partial charge in [-0.05, 0) is 48.9 Å². The molecule has 0 radical (unpaired) electrons. The van der Waals surface area contributed by atoms with Crippen molar-refractivity contribution in [3.63, 3.8) is 0 Å². The van der Waals surface area contributed by atoms with Crippen LogP contribution in [0.2, 0.25) is 0 Å². The fraction of sp³-hybridized carbons (Fsp3) is 0.294. The Morgan fingerprint density at radius 3 is 2.70 bits per heavy atom. The largest absolute Gasteiger partial charge is 0.496 e. The lowest BCUT2D eigenvalue weighted by molar-refractivity contribution is 0.415. The van der Waals surface area contributed by atoms with Gasteiger partial charge in [0.25, 0.3) is 0 Å². The highest BCUT2D eigenvalue weighted by Gasteiger charge is 2.10. The molecule has 0 aliphatic rings. The first-order chi connectivity index (χ1) is 9.65. The zero-order valence-corrected chi connectivity index (χ0v) is 12.1. The van der Waals surface area contributed by atoms with Gasteiger partial charge >= 0.3 is 0 Å². The average molecular weight is 273 g/mol. The minimum absolute atomic E-state index is 0.258. The molecule has 2 aromatic rings. The standard InChI is InChI=1S/C17H20FNO/c1-4-19-12(2)13-6-5-7-14(10-13)16-11-15(18)8-9-17(16)20-3/h5-12,19H,4H2,1-3H3. The fourth-order valence-electron chi connectivity index (χ4n) is 2.31. The van der Waals surface area contributed by atoms with Gasteiger partial charge in [-0.1, -0.05) is 25.1 Å². The number of hydrogen-bond acceptors (Lipinski definition) is 2. The van der Waals surface area contributed by atoms with Crippen molar-refractivity contribution >= 4 is 0 Å². The van der Waals surface area contributed by atoms with Gasteiger partial charge in [0.15, 0.2) is 0 Å². The predicted octanol–water partition coefficient (Wildman–Crippen LogP) is 4.17. The van der Waals surface area contributed by atoms with Crippen molar-refractivity contribution in [1.29, 1.82) is 0 Å². The molecular formula is C17H20FNO. The highest BCUT2D eigenvalue weighted by Crippen LogP contribution is 2.31. The van der Waals surface area contributed by atoms with Crippen LogP contribution >= 0.6 is 0 Å². The molecule has 0 aliphatic carbocycles. The Kier molecular flexibility index (Phi) is 4.74. The number of benzene rings is 2. The van der Waals surface area contributed by atoms with Gasteiger partial charge in [-0.25, -0.2) is 4.39 Å². The van der Waals surface area contributed by atoms with Gasteiger partial charge in [0.05, 0.1) is 7.11 Å². The minimum atomic E-state index is -0.258. The molecule has 0 fully saturated rings. The Labute approximate surface area is 119 Å². The van der Waals surface area contributed by atoms with Crippen molar-refractivity contribution < 1.29 is 9.13 Å². The molecule has 0 saturated carbocycles. The molecule has 3 heteroatoms. The first-order valence-corrected chi connectivity index (χ1v) is 6.83. The Hall–Kier alpha value is -1.87. The van der Waals surface area contributed by atoms with E-state index in [1.54, 1.807) is 13.2 Å². The topological polar surface area (TPSA) is 21.3 Å². The van der Waals surface area contributed by atoms with Crippen LogP contribution < -0.4 is 10.1 Å². The van der Waals surface area contributed by atoms with Crippen molar-refractivity contribution in [1.82, 2.24) is 5.32 Å².